The molecule has 0 radical (unpaired) electrons. The molecule has 0 saturated heterocycles. The number of nitriles is 1. The third-order valence-electron chi connectivity index (χ3n) is 2.96. The highest BCUT2D eigenvalue weighted by Crippen LogP contribution is 2.23. The first-order chi connectivity index (χ1) is 9.73. The minimum atomic E-state index is -3.84. The molecule has 0 aliphatic carbocycles. The monoisotopic (exact) mass is 311 g/mol. The fraction of sp³-hybridized carbons (Fsp3) is 0.385. The van der Waals surface area contributed by atoms with Gasteiger partial charge >= 0.3 is 5.97 Å². The Kier molecular flexibility index (Phi) is 5.29. The van der Waals surface area contributed by atoms with Crippen LogP contribution >= 0.6 is 0 Å². The SMILES string of the molecule is COC(=O)C(C)CN(C)S(=O)(=O)c1ccc(C#N)cc1N. The number of benzene rings is 1. The summed E-state index contributed by atoms with van der Waals surface area (Å²) < 4.78 is 30.4. The minimum absolute atomic E-state index is 0.00776. The van der Waals surface area contributed by atoms with Gasteiger partial charge in [-0.1, -0.05) is 6.92 Å². The molecular weight excluding hydrogens is 294 g/mol. The summed E-state index contributed by atoms with van der Waals surface area (Å²) in [6, 6.07) is 5.83. The normalized spacial score (nSPS) is 12.7. The molecule has 1 aromatic rings. The molecule has 1 atom stereocenters. The van der Waals surface area contributed by atoms with Gasteiger partial charge in [0.2, 0.25) is 10.0 Å². The molecule has 0 saturated carbocycles. The van der Waals surface area contributed by atoms with E-state index in [9.17, 15) is 13.2 Å². The predicted octanol–water partition coefficient (Wildman–Crippen LogP) is 0.570. The zero-order valence-corrected chi connectivity index (χ0v) is 12.8. The highest BCUT2D eigenvalue weighted by molar-refractivity contribution is 7.89. The molecular formula is C13H17N3O4S. The Morgan fingerprint density at radius 2 is 2.14 bits per heavy atom. The number of esters is 1. The van der Waals surface area contributed by atoms with Gasteiger partial charge in [-0.2, -0.15) is 5.26 Å². The highest BCUT2D eigenvalue weighted by atomic mass is 32.2. The van der Waals surface area contributed by atoms with E-state index < -0.39 is 21.9 Å². The van der Waals surface area contributed by atoms with E-state index in [0.717, 1.165) is 4.31 Å². The number of hydrogen-bond donors (Lipinski definition) is 1. The number of nitrogens with zero attached hydrogens (tertiary/aromatic N) is 2. The van der Waals surface area contributed by atoms with Gasteiger partial charge in [0, 0.05) is 13.6 Å². The number of methoxy groups -OCH3 is 1. The topological polar surface area (TPSA) is 113 Å². The fourth-order valence-corrected chi connectivity index (χ4v) is 3.13. The third kappa shape index (κ3) is 3.71. The quantitative estimate of drug-likeness (QED) is 0.628. The number of carbonyl (C=O) groups excluding carboxylic acids is 1. The summed E-state index contributed by atoms with van der Waals surface area (Å²) in [6.45, 7) is 1.54. The van der Waals surface area contributed by atoms with Gasteiger partial charge < -0.3 is 10.5 Å². The zero-order valence-electron chi connectivity index (χ0n) is 12.0. The molecule has 7 nitrogen and oxygen atoms in total. The Bertz CT molecular complexity index is 679. The number of hydrogen-bond acceptors (Lipinski definition) is 6. The van der Waals surface area contributed by atoms with Gasteiger partial charge in [-0.15, -0.1) is 0 Å². The second-order valence-electron chi connectivity index (χ2n) is 4.57. The van der Waals surface area contributed by atoms with Gasteiger partial charge in [-0.3, -0.25) is 4.79 Å². The summed E-state index contributed by atoms with van der Waals surface area (Å²) in [4.78, 5) is 11.3. The third-order valence-corrected chi connectivity index (χ3v) is 4.86. The minimum Gasteiger partial charge on any atom is -0.469 e. The van der Waals surface area contributed by atoms with E-state index in [4.69, 9.17) is 11.0 Å². The first kappa shape index (κ1) is 16.9. The molecule has 1 rings (SSSR count). The van der Waals surface area contributed by atoms with Crippen molar-refractivity contribution in [2.24, 2.45) is 5.92 Å². The Hall–Kier alpha value is -2.11. The van der Waals surface area contributed by atoms with Gasteiger partial charge in [0.15, 0.2) is 0 Å². The van der Waals surface area contributed by atoms with Crippen molar-refractivity contribution in [1.29, 1.82) is 5.26 Å². The molecule has 0 bridgehead atoms. The second-order valence-corrected chi connectivity index (χ2v) is 6.59. The number of rotatable bonds is 5. The maximum atomic E-state index is 12.4. The molecule has 0 spiro atoms. The van der Waals surface area contributed by atoms with Crippen molar-refractivity contribution in [2.75, 3.05) is 26.4 Å². The number of nitrogens with two attached hydrogens (primary N) is 1. The lowest BCUT2D eigenvalue weighted by molar-refractivity contribution is -0.144. The van der Waals surface area contributed by atoms with Gasteiger partial charge in [0.05, 0.1) is 30.3 Å². The van der Waals surface area contributed by atoms with Crippen LogP contribution in [-0.2, 0) is 19.6 Å². The molecule has 0 fully saturated rings. The summed E-state index contributed by atoms with van der Waals surface area (Å²) in [5.74, 6) is -1.10. The van der Waals surface area contributed by atoms with Crippen molar-refractivity contribution in [3.8, 4) is 6.07 Å². The van der Waals surface area contributed by atoms with Crippen molar-refractivity contribution in [1.82, 2.24) is 4.31 Å². The molecule has 0 aromatic heterocycles. The lowest BCUT2D eigenvalue weighted by Gasteiger charge is -2.20. The Balaban J connectivity index is 3.06. The zero-order chi connectivity index (χ0) is 16.2. The van der Waals surface area contributed by atoms with Crippen LogP contribution < -0.4 is 5.73 Å². The average molecular weight is 311 g/mol. The predicted molar refractivity (Wildman–Crippen MR) is 76.6 cm³/mol. The maximum Gasteiger partial charge on any atom is 0.309 e. The number of nitrogen functional groups attached to an aromatic ring is 1. The van der Waals surface area contributed by atoms with E-state index in [2.05, 4.69) is 4.74 Å². The van der Waals surface area contributed by atoms with E-state index in [1.807, 2.05) is 6.07 Å². The summed E-state index contributed by atoms with van der Waals surface area (Å²) in [5, 5.41) is 8.76. The number of anilines is 1. The van der Waals surface area contributed by atoms with Gasteiger partial charge in [0.25, 0.3) is 0 Å². The van der Waals surface area contributed by atoms with Crippen LogP contribution in [0.15, 0.2) is 23.1 Å². The molecule has 0 amide bonds. The summed E-state index contributed by atoms with van der Waals surface area (Å²) in [6.07, 6.45) is 0. The Morgan fingerprint density at radius 1 is 1.52 bits per heavy atom. The van der Waals surface area contributed by atoms with Crippen LogP contribution in [0.4, 0.5) is 5.69 Å². The first-order valence-electron chi connectivity index (χ1n) is 6.07. The molecule has 1 aromatic carbocycles. The molecule has 2 N–H and O–H groups in total. The molecule has 8 heteroatoms. The summed E-state index contributed by atoms with van der Waals surface area (Å²) in [7, 11) is -1.24. The van der Waals surface area contributed by atoms with E-state index >= 15 is 0 Å². The van der Waals surface area contributed by atoms with Crippen LogP contribution in [0.25, 0.3) is 0 Å². The van der Waals surface area contributed by atoms with Crippen molar-refractivity contribution in [3.63, 3.8) is 0 Å². The van der Waals surface area contributed by atoms with Gasteiger partial charge in [-0.05, 0) is 18.2 Å². The number of carbonyl (C=O) groups is 1. The fourth-order valence-electron chi connectivity index (χ4n) is 1.78. The highest BCUT2D eigenvalue weighted by Gasteiger charge is 2.27. The number of ether oxygens (including phenoxy) is 1. The van der Waals surface area contributed by atoms with Crippen LogP contribution in [0, 0.1) is 17.2 Å². The second kappa shape index (κ2) is 6.56. The lowest BCUT2D eigenvalue weighted by Crippen LogP contribution is -2.34. The van der Waals surface area contributed by atoms with E-state index in [1.54, 1.807) is 6.92 Å². The Labute approximate surface area is 124 Å². The van der Waals surface area contributed by atoms with Gasteiger partial charge in [-0.25, -0.2) is 12.7 Å². The van der Waals surface area contributed by atoms with E-state index in [0.29, 0.717) is 0 Å². The molecule has 114 valence electrons. The molecule has 0 heterocycles. The summed E-state index contributed by atoms with van der Waals surface area (Å²) in [5.41, 5.74) is 5.96. The van der Waals surface area contributed by atoms with Crippen molar-refractivity contribution < 1.29 is 17.9 Å². The largest absolute Gasteiger partial charge is 0.469 e. The number of sulfonamides is 1. The van der Waals surface area contributed by atoms with Crippen LogP contribution in [0.3, 0.4) is 0 Å². The van der Waals surface area contributed by atoms with Gasteiger partial charge in [0.1, 0.15) is 4.90 Å². The summed E-state index contributed by atoms with van der Waals surface area (Å²) >= 11 is 0. The van der Waals surface area contributed by atoms with Crippen LogP contribution in [0.2, 0.25) is 0 Å². The van der Waals surface area contributed by atoms with E-state index in [1.165, 1.54) is 32.4 Å². The lowest BCUT2D eigenvalue weighted by atomic mass is 10.2. The van der Waals surface area contributed by atoms with Crippen LogP contribution in [-0.4, -0.2) is 39.4 Å². The van der Waals surface area contributed by atoms with E-state index in [-0.39, 0.29) is 22.7 Å². The van der Waals surface area contributed by atoms with Crippen LogP contribution in [0.1, 0.15) is 12.5 Å². The average Bonchev–Trinajstić information content (AvgIpc) is 2.45. The molecule has 0 aliphatic heterocycles. The van der Waals surface area contributed by atoms with Crippen LogP contribution in [0.5, 0.6) is 0 Å². The van der Waals surface area contributed by atoms with Crippen molar-refractivity contribution in [3.05, 3.63) is 23.8 Å². The molecule has 21 heavy (non-hydrogen) atoms. The maximum absolute atomic E-state index is 12.4. The molecule has 1 unspecified atom stereocenters. The molecule has 0 aliphatic rings. The first-order valence-corrected chi connectivity index (χ1v) is 7.51. The smallest absolute Gasteiger partial charge is 0.309 e. The van der Waals surface area contributed by atoms with Crippen molar-refractivity contribution in [2.45, 2.75) is 11.8 Å². The Morgan fingerprint density at radius 3 is 2.62 bits per heavy atom. The standard InChI is InChI=1S/C13H17N3O4S/c1-9(13(17)20-3)8-16(2)21(18,19)12-5-4-10(7-14)6-11(12)15/h4-6,9H,8,15H2,1-3H3. The van der Waals surface area contributed by atoms with Crippen molar-refractivity contribution >= 4 is 21.7 Å².